The van der Waals surface area contributed by atoms with E-state index in [-0.39, 0.29) is 18.0 Å². The number of hydrogen-bond acceptors (Lipinski definition) is 3. The van der Waals surface area contributed by atoms with Crippen molar-refractivity contribution in [2.24, 2.45) is 0 Å². The predicted octanol–water partition coefficient (Wildman–Crippen LogP) is 4.31. The molecule has 0 atom stereocenters. The Morgan fingerprint density at radius 3 is 2.68 bits per heavy atom. The molecule has 3 aromatic rings. The van der Waals surface area contributed by atoms with Crippen LogP contribution >= 0.6 is 11.3 Å². The third kappa shape index (κ3) is 2.54. The monoisotopic (exact) mass is 316 g/mol. The average molecular weight is 316 g/mol. The van der Waals surface area contributed by atoms with Crippen LogP contribution in [0.15, 0.2) is 29.9 Å². The van der Waals surface area contributed by atoms with Gasteiger partial charge in [-0.25, -0.2) is 0 Å². The highest BCUT2D eigenvalue weighted by Gasteiger charge is 2.18. The van der Waals surface area contributed by atoms with Crippen molar-refractivity contribution in [1.29, 1.82) is 0 Å². The summed E-state index contributed by atoms with van der Waals surface area (Å²) in [5.41, 5.74) is 2.52. The van der Waals surface area contributed by atoms with Gasteiger partial charge in [0, 0.05) is 18.3 Å². The molecule has 3 rings (SSSR count). The van der Waals surface area contributed by atoms with Crippen molar-refractivity contribution >= 4 is 33.1 Å². The van der Waals surface area contributed by atoms with Crippen LogP contribution in [0.25, 0.3) is 10.2 Å². The SMILES string of the molecule is CC(C)n1cc(NC(=O)c2cc3sccc3n2C(C)C)cn1. The fourth-order valence-corrected chi connectivity index (χ4v) is 3.37. The van der Waals surface area contributed by atoms with Crippen LogP contribution in [0.4, 0.5) is 5.69 Å². The Balaban J connectivity index is 1.91. The Kier molecular flexibility index (Phi) is 3.78. The number of aromatic nitrogens is 3. The van der Waals surface area contributed by atoms with Gasteiger partial charge >= 0.3 is 0 Å². The molecule has 5 nitrogen and oxygen atoms in total. The van der Waals surface area contributed by atoms with E-state index >= 15 is 0 Å². The van der Waals surface area contributed by atoms with Crippen molar-refractivity contribution in [3.05, 3.63) is 35.6 Å². The molecule has 0 saturated carbocycles. The minimum atomic E-state index is -0.0968. The molecule has 1 N–H and O–H groups in total. The van der Waals surface area contributed by atoms with Crippen LogP contribution in [0.3, 0.4) is 0 Å². The van der Waals surface area contributed by atoms with Crippen molar-refractivity contribution in [3.8, 4) is 0 Å². The molecule has 6 heteroatoms. The number of nitrogens with zero attached hydrogens (tertiary/aromatic N) is 3. The maximum Gasteiger partial charge on any atom is 0.272 e. The van der Waals surface area contributed by atoms with Crippen molar-refractivity contribution in [1.82, 2.24) is 14.3 Å². The second-order valence-electron chi connectivity index (χ2n) is 5.92. The van der Waals surface area contributed by atoms with Crippen LogP contribution < -0.4 is 5.32 Å². The Hall–Kier alpha value is -2.08. The van der Waals surface area contributed by atoms with Crippen LogP contribution in [-0.4, -0.2) is 20.3 Å². The molecule has 0 spiro atoms. The highest BCUT2D eigenvalue weighted by Crippen LogP contribution is 2.28. The van der Waals surface area contributed by atoms with E-state index in [1.165, 1.54) is 0 Å². The lowest BCUT2D eigenvalue weighted by atomic mass is 10.3. The van der Waals surface area contributed by atoms with Gasteiger partial charge in [0.25, 0.3) is 5.91 Å². The second kappa shape index (κ2) is 5.61. The quantitative estimate of drug-likeness (QED) is 0.779. The van der Waals surface area contributed by atoms with Crippen LogP contribution in [0.5, 0.6) is 0 Å². The van der Waals surface area contributed by atoms with Gasteiger partial charge in [0.05, 0.1) is 22.1 Å². The van der Waals surface area contributed by atoms with Gasteiger partial charge in [-0.2, -0.15) is 5.10 Å². The normalized spacial score (nSPS) is 11.7. The van der Waals surface area contributed by atoms with Crippen molar-refractivity contribution in [3.63, 3.8) is 0 Å². The number of carbonyl (C=O) groups is 1. The van der Waals surface area contributed by atoms with E-state index in [1.54, 1.807) is 17.5 Å². The summed E-state index contributed by atoms with van der Waals surface area (Å²) in [6.45, 7) is 8.28. The molecule has 0 unspecified atom stereocenters. The second-order valence-corrected chi connectivity index (χ2v) is 6.87. The third-order valence-corrected chi connectivity index (χ3v) is 4.45. The minimum absolute atomic E-state index is 0.0968. The Morgan fingerprint density at radius 1 is 1.27 bits per heavy atom. The van der Waals surface area contributed by atoms with Gasteiger partial charge in [0.1, 0.15) is 5.69 Å². The van der Waals surface area contributed by atoms with Gasteiger partial charge in [-0.15, -0.1) is 11.3 Å². The lowest BCUT2D eigenvalue weighted by molar-refractivity contribution is 0.101. The van der Waals surface area contributed by atoms with Crippen LogP contribution in [0, 0.1) is 0 Å². The Labute approximate surface area is 133 Å². The van der Waals surface area contributed by atoms with Gasteiger partial charge in [0.2, 0.25) is 0 Å². The smallest absolute Gasteiger partial charge is 0.272 e. The van der Waals surface area contributed by atoms with Gasteiger partial charge in [-0.3, -0.25) is 9.48 Å². The van der Waals surface area contributed by atoms with Crippen molar-refractivity contribution < 1.29 is 4.79 Å². The van der Waals surface area contributed by atoms with E-state index in [2.05, 4.69) is 54.1 Å². The van der Waals surface area contributed by atoms with E-state index in [9.17, 15) is 4.79 Å². The first-order valence-corrected chi connectivity index (χ1v) is 8.29. The molecule has 3 heterocycles. The fraction of sp³-hybridized carbons (Fsp3) is 0.375. The first kappa shape index (κ1) is 14.8. The molecule has 1 amide bonds. The van der Waals surface area contributed by atoms with Gasteiger partial charge < -0.3 is 9.88 Å². The van der Waals surface area contributed by atoms with Gasteiger partial charge in [-0.05, 0) is 45.2 Å². The lowest BCUT2D eigenvalue weighted by Gasteiger charge is -2.13. The molecule has 0 saturated heterocycles. The zero-order chi connectivity index (χ0) is 15.9. The Bertz CT molecular complexity index is 809. The highest BCUT2D eigenvalue weighted by molar-refractivity contribution is 7.17. The molecular weight excluding hydrogens is 296 g/mol. The summed E-state index contributed by atoms with van der Waals surface area (Å²) >= 11 is 1.65. The fourth-order valence-electron chi connectivity index (χ4n) is 2.56. The van der Waals surface area contributed by atoms with Crippen LogP contribution in [-0.2, 0) is 0 Å². The first-order chi connectivity index (χ1) is 10.5. The number of carbonyl (C=O) groups excluding carboxylic acids is 1. The van der Waals surface area contributed by atoms with E-state index in [0.29, 0.717) is 5.69 Å². The molecule has 0 aliphatic heterocycles. The maximum atomic E-state index is 12.6. The summed E-state index contributed by atoms with van der Waals surface area (Å²) in [6.07, 6.45) is 3.54. The number of thiophene rings is 1. The summed E-state index contributed by atoms with van der Waals surface area (Å²) in [5.74, 6) is -0.0968. The molecule has 0 aliphatic rings. The maximum absolute atomic E-state index is 12.6. The number of anilines is 1. The number of hydrogen-bond donors (Lipinski definition) is 1. The molecule has 3 aromatic heterocycles. The summed E-state index contributed by atoms with van der Waals surface area (Å²) in [6, 6.07) is 4.53. The molecule has 0 fully saturated rings. The first-order valence-electron chi connectivity index (χ1n) is 7.41. The van der Waals surface area contributed by atoms with Crippen molar-refractivity contribution in [2.45, 2.75) is 39.8 Å². The van der Waals surface area contributed by atoms with E-state index in [0.717, 1.165) is 15.9 Å². The van der Waals surface area contributed by atoms with Crippen molar-refractivity contribution in [2.75, 3.05) is 5.32 Å². The zero-order valence-electron chi connectivity index (χ0n) is 13.2. The average Bonchev–Trinajstić information content (AvgIpc) is 3.11. The third-order valence-electron chi connectivity index (χ3n) is 3.60. The summed E-state index contributed by atoms with van der Waals surface area (Å²) in [7, 11) is 0. The summed E-state index contributed by atoms with van der Waals surface area (Å²) in [5, 5.41) is 9.24. The molecule has 22 heavy (non-hydrogen) atoms. The largest absolute Gasteiger partial charge is 0.333 e. The van der Waals surface area contributed by atoms with E-state index in [1.807, 2.05) is 16.9 Å². The molecule has 0 aromatic carbocycles. The standard InChI is InChI=1S/C16H20N4OS/c1-10(2)19-9-12(8-17-19)18-16(21)14-7-15-13(5-6-22-15)20(14)11(3)4/h5-11H,1-4H3,(H,18,21). The molecule has 116 valence electrons. The molecule has 0 radical (unpaired) electrons. The predicted molar refractivity (Wildman–Crippen MR) is 90.8 cm³/mol. The van der Waals surface area contributed by atoms with Crippen LogP contribution in [0.2, 0.25) is 0 Å². The van der Waals surface area contributed by atoms with Crippen LogP contribution in [0.1, 0.15) is 50.3 Å². The summed E-state index contributed by atoms with van der Waals surface area (Å²) < 4.78 is 5.04. The summed E-state index contributed by atoms with van der Waals surface area (Å²) in [4.78, 5) is 12.6. The van der Waals surface area contributed by atoms with Gasteiger partial charge in [0.15, 0.2) is 0 Å². The lowest BCUT2D eigenvalue weighted by Crippen LogP contribution is -2.17. The highest BCUT2D eigenvalue weighted by atomic mass is 32.1. The zero-order valence-corrected chi connectivity index (χ0v) is 14.0. The topological polar surface area (TPSA) is 51.9 Å². The molecule has 0 bridgehead atoms. The number of rotatable bonds is 4. The minimum Gasteiger partial charge on any atom is -0.333 e. The number of fused-ring (bicyclic) bond motifs is 1. The molecular formula is C16H20N4OS. The van der Waals surface area contributed by atoms with E-state index < -0.39 is 0 Å². The Morgan fingerprint density at radius 2 is 2.05 bits per heavy atom. The van der Waals surface area contributed by atoms with E-state index in [4.69, 9.17) is 0 Å². The van der Waals surface area contributed by atoms with Gasteiger partial charge in [-0.1, -0.05) is 0 Å². The number of amides is 1. The number of nitrogens with one attached hydrogen (secondary N) is 1. The molecule has 0 aliphatic carbocycles.